The van der Waals surface area contributed by atoms with Crippen LogP contribution in [0.5, 0.6) is 0 Å². The first-order valence-corrected chi connectivity index (χ1v) is 4.53. The van der Waals surface area contributed by atoms with Gasteiger partial charge in [0.05, 0.1) is 0 Å². The molecule has 2 N–H and O–H groups in total. The first-order valence-electron chi connectivity index (χ1n) is 4.53. The number of nitrogens with two attached hydrogens (primary N) is 1. The molecule has 1 aliphatic rings. The van der Waals surface area contributed by atoms with Gasteiger partial charge in [0, 0.05) is 0 Å². The molecule has 0 heterocycles. The van der Waals surface area contributed by atoms with Crippen LogP contribution in [0.25, 0.3) is 0 Å². The van der Waals surface area contributed by atoms with Gasteiger partial charge in [0.2, 0.25) is 0 Å². The fourth-order valence-electron chi connectivity index (χ4n) is 1.99. The van der Waals surface area contributed by atoms with Gasteiger partial charge in [-0.15, -0.1) is 0 Å². The molecule has 0 aromatic rings. The summed E-state index contributed by atoms with van der Waals surface area (Å²) < 4.78 is 0. The van der Waals surface area contributed by atoms with E-state index in [0.29, 0.717) is 0 Å². The van der Waals surface area contributed by atoms with Gasteiger partial charge in [-0.05, 0) is 37.6 Å². The van der Waals surface area contributed by atoms with E-state index in [1.165, 1.54) is 32.1 Å². The summed E-state index contributed by atoms with van der Waals surface area (Å²) in [5.74, 6) is 2.00. The van der Waals surface area contributed by atoms with Crippen molar-refractivity contribution < 1.29 is 0 Å². The predicted octanol–water partition coefficient (Wildman–Crippen LogP) is 2.16. The highest BCUT2D eigenvalue weighted by atomic mass is 14.5. The number of hydrogen-bond donors (Lipinski definition) is 1. The summed E-state index contributed by atoms with van der Waals surface area (Å²) in [6.45, 7) is 3.24. The molecule has 2 atom stereocenters. The third kappa shape index (κ3) is 2.30. The van der Waals surface area contributed by atoms with Crippen LogP contribution >= 0.6 is 0 Å². The SMILES string of the molecule is CC1CCC(CCCN)C1. The van der Waals surface area contributed by atoms with Gasteiger partial charge in [0.1, 0.15) is 0 Å². The quantitative estimate of drug-likeness (QED) is 0.640. The molecule has 1 fully saturated rings. The minimum atomic E-state index is 0.880. The van der Waals surface area contributed by atoms with Crippen LogP contribution in [0.2, 0.25) is 0 Å². The lowest BCUT2D eigenvalue weighted by Crippen LogP contribution is -2.02. The van der Waals surface area contributed by atoms with E-state index in [-0.39, 0.29) is 0 Å². The highest BCUT2D eigenvalue weighted by Crippen LogP contribution is 2.32. The molecule has 0 aromatic heterocycles. The molecular formula is C9H19N. The maximum atomic E-state index is 5.44. The molecule has 0 spiro atoms. The third-order valence-electron chi connectivity index (χ3n) is 2.62. The lowest BCUT2D eigenvalue weighted by Gasteiger charge is -2.06. The molecule has 0 amide bonds. The van der Waals surface area contributed by atoms with Crippen molar-refractivity contribution in [2.45, 2.75) is 39.0 Å². The Kier molecular flexibility index (Phi) is 3.20. The topological polar surface area (TPSA) is 26.0 Å². The zero-order valence-electron chi connectivity index (χ0n) is 6.97. The van der Waals surface area contributed by atoms with Crippen molar-refractivity contribution in [3.8, 4) is 0 Å². The molecule has 0 saturated heterocycles. The van der Waals surface area contributed by atoms with Crippen molar-refractivity contribution in [2.24, 2.45) is 17.6 Å². The minimum absolute atomic E-state index is 0.880. The second kappa shape index (κ2) is 3.97. The molecule has 2 unspecified atom stereocenters. The molecule has 10 heavy (non-hydrogen) atoms. The van der Waals surface area contributed by atoms with E-state index in [1.807, 2.05) is 0 Å². The molecule has 0 aromatic carbocycles. The second-order valence-corrected chi connectivity index (χ2v) is 3.72. The van der Waals surface area contributed by atoms with Crippen LogP contribution in [0.4, 0.5) is 0 Å². The van der Waals surface area contributed by atoms with E-state index in [2.05, 4.69) is 6.92 Å². The van der Waals surface area contributed by atoms with Crippen molar-refractivity contribution in [1.29, 1.82) is 0 Å². The van der Waals surface area contributed by atoms with Crippen LogP contribution in [-0.2, 0) is 0 Å². The van der Waals surface area contributed by atoms with E-state index in [4.69, 9.17) is 5.73 Å². The normalized spacial score (nSPS) is 33.0. The van der Waals surface area contributed by atoms with E-state index in [1.54, 1.807) is 0 Å². The van der Waals surface area contributed by atoms with Crippen molar-refractivity contribution in [2.75, 3.05) is 6.54 Å². The highest BCUT2D eigenvalue weighted by molar-refractivity contribution is 4.72. The molecular weight excluding hydrogens is 122 g/mol. The molecule has 1 heteroatoms. The zero-order chi connectivity index (χ0) is 7.40. The first-order chi connectivity index (χ1) is 4.83. The second-order valence-electron chi connectivity index (χ2n) is 3.72. The Morgan fingerprint density at radius 2 is 2.20 bits per heavy atom. The monoisotopic (exact) mass is 141 g/mol. The summed E-state index contributed by atoms with van der Waals surface area (Å²) in [6.07, 6.45) is 6.98. The summed E-state index contributed by atoms with van der Waals surface area (Å²) in [5.41, 5.74) is 5.44. The summed E-state index contributed by atoms with van der Waals surface area (Å²) in [6, 6.07) is 0. The van der Waals surface area contributed by atoms with Crippen LogP contribution in [0, 0.1) is 11.8 Å². The largest absolute Gasteiger partial charge is 0.330 e. The maximum absolute atomic E-state index is 5.44. The van der Waals surface area contributed by atoms with Gasteiger partial charge in [-0.3, -0.25) is 0 Å². The Bertz CT molecular complexity index is 90.7. The van der Waals surface area contributed by atoms with Gasteiger partial charge < -0.3 is 5.73 Å². The van der Waals surface area contributed by atoms with Crippen LogP contribution in [0.15, 0.2) is 0 Å². The average molecular weight is 141 g/mol. The van der Waals surface area contributed by atoms with Gasteiger partial charge in [-0.1, -0.05) is 19.8 Å². The van der Waals surface area contributed by atoms with Crippen molar-refractivity contribution in [3.63, 3.8) is 0 Å². The number of hydrogen-bond acceptors (Lipinski definition) is 1. The summed E-state index contributed by atoms with van der Waals surface area (Å²) >= 11 is 0. The smallest absolute Gasteiger partial charge is 0.00772 e. The van der Waals surface area contributed by atoms with E-state index < -0.39 is 0 Å². The van der Waals surface area contributed by atoms with Crippen molar-refractivity contribution in [1.82, 2.24) is 0 Å². The summed E-state index contributed by atoms with van der Waals surface area (Å²) in [5, 5.41) is 0. The highest BCUT2D eigenvalue weighted by Gasteiger charge is 2.19. The van der Waals surface area contributed by atoms with Crippen LogP contribution in [-0.4, -0.2) is 6.54 Å². The molecule has 1 aliphatic carbocycles. The lowest BCUT2D eigenvalue weighted by molar-refractivity contribution is 0.467. The fourth-order valence-corrected chi connectivity index (χ4v) is 1.99. The van der Waals surface area contributed by atoms with E-state index in [0.717, 1.165) is 18.4 Å². The Hall–Kier alpha value is -0.0400. The van der Waals surface area contributed by atoms with Gasteiger partial charge in [-0.25, -0.2) is 0 Å². The van der Waals surface area contributed by atoms with Crippen LogP contribution in [0.1, 0.15) is 39.0 Å². The molecule has 0 bridgehead atoms. The maximum Gasteiger partial charge on any atom is -0.00772 e. The summed E-state index contributed by atoms with van der Waals surface area (Å²) in [7, 11) is 0. The Balaban J connectivity index is 2.06. The fraction of sp³-hybridized carbons (Fsp3) is 1.00. The molecule has 0 radical (unpaired) electrons. The van der Waals surface area contributed by atoms with E-state index in [9.17, 15) is 0 Å². The Morgan fingerprint density at radius 3 is 2.70 bits per heavy atom. The standard InChI is InChI=1S/C9H19N/c1-8-4-5-9(7-8)3-2-6-10/h8-9H,2-7,10H2,1H3. The van der Waals surface area contributed by atoms with Gasteiger partial charge in [0.15, 0.2) is 0 Å². The van der Waals surface area contributed by atoms with Crippen molar-refractivity contribution in [3.05, 3.63) is 0 Å². The third-order valence-corrected chi connectivity index (χ3v) is 2.62. The lowest BCUT2D eigenvalue weighted by atomic mass is 10.0. The molecule has 0 aliphatic heterocycles. The molecule has 1 nitrogen and oxygen atoms in total. The average Bonchev–Trinajstić information content (AvgIpc) is 2.31. The Morgan fingerprint density at radius 1 is 1.40 bits per heavy atom. The Labute approximate surface area is 64.0 Å². The van der Waals surface area contributed by atoms with Gasteiger partial charge in [0.25, 0.3) is 0 Å². The zero-order valence-corrected chi connectivity index (χ0v) is 6.97. The van der Waals surface area contributed by atoms with Crippen LogP contribution in [0.3, 0.4) is 0 Å². The van der Waals surface area contributed by atoms with Gasteiger partial charge >= 0.3 is 0 Å². The molecule has 60 valence electrons. The first kappa shape index (κ1) is 8.06. The van der Waals surface area contributed by atoms with Crippen LogP contribution < -0.4 is 5.73 Å². The van der Waals surface area contributed by atoms with E-state index >= 15 is 0 Å². The molecule has 1 rings (SSSR count). The predicted molar refractivity (Wildman–Crippen MR) is 44.8 cm³/mol. The number of rotatable bonds is 3. The molecule has 1 saturated carbocycles. The van der Waals surface area contributed by atoms with Crippen molar-refractivity contribution >= 4 is 0 Å². The summed E-state index contributed by atoms with van der Waals surface area (Å²) in [4.78, 5) is 0. The minimum Gasteiger partial charge on any atom is -0.330 e. The van der Waals surface area contributed by atoms with Gasteiger partial charge in [-0.2, -0.15) is 0 Å².